The number of allylic oxidation sites excluding steroid dienone is 1. The highest BCUT2D eigenvalue weighted by Gasteiger charge is 2.09. The summed E-state index contributed by atoms with van der Waals surface area (Å²) in [4.78, 5) is 0. The second kappa shape index (κ2) is 4.35. The van der Waals surface area contributed by atoms with E-state index in [1.54, 1.807) is 0 Å². The minimum Gasteiger partial charge on any atom is -0.396 e. The predicted molar refractivity (Wildman–Crippen MR) is 41.4 cm³/mol. The molecule has 0 atom stereocenters. The van der Waals surface area contributed by atoms with Crippen molar-refractivity contribution in [3.05, 3.63) is 12.3 Å². The highest BCUT2D eigenvalue weighted by Crippen LogP contribution is 2.01. The van der Waals surface area contributed by atoms with E-state index < -0.39 is 10.1 Å². The molecule has 0 saturated heterocycles. The van der Waals surface area contributed by atoms with Gasteiger partial charge in [-0.05, 0) is 13.3 Å². The van der Waals surface area contributed by atoms with E-state index in [4.69, 9.17) is 5.11 Å². The zero-order valence-electron chi connectivity index (χ0n) is 6.41. The van der Waals surface area contributed by atoms with Crippen molar-refractivity contribution in [2.45, 2.75) is 13.3 Å². The van der Waals surface area contributed by atoms with Gasteiger partial charge in [0, 0.05) is 6.61 Å². The summed E-state index contributed by atoms with van der Waals surface area (Å²) in [5.41, 5.74) is 0. The van der Waals surface area contributed by atoms with Crippen LogP contribution in [-0.4, -0.2) is 25.9 Å². The van der Waals surface area contributed by atoms with E-state index in [0.717, 1.165) is 0 Å². The van der Waals surface area contributed by atoms with Crippen molar-refractivity contribution in [3.8, 4) is 0 Å². The zero-order chi connectivity index (χ0) is 8.91. The van der Waals surface area contributed by atoms with Gasteiger partial charge in [0.05, 0.1) is 5.75 Å². The molecule has 0 radical (unpaired) electrons. The van der Waals surface area contributed by atoms with Crippen LogP contribution in [0.2, 0.25) is 0 Å². The highest BCUT2D eigenvalue weighted by molar-refractivity contribution is 7.86. The topological polar surface area (TPSA) is 63.6 Å². The van der Waals surface area contributed by atoms with Crippen LogP contribution in [0.5, 0.6) is 0 Å². The van der Waals surface area contributed by atoms with Crippen LogP contribution in [0.15, 0.2) is 12.3 Å². The monoisotopic (exact) mass is 180 g/mol. The lowest BCUT2D eigenvalue weighted by atomic mass is 10.5. The van der Waals surface area contributed by atoms with Crippen molar-refractivity contribution in [2.24, 2.45) is 0 Å². The molecule has 0 bridgehead atoms. The smallest absolute Gasteiger partial charge is 0.308 e. The Morgan fingerprint density at radius 3 is 2.55 bits per heavy atom. The Bertz CT molecular complexity index is 217. The molecule has 0 aromatic carbocycles. The molecule has 0 unspecified atom stereocenters. The largest absolute Gasteiger partial charge is 0.396 e. The standard InChI is InChI=1S/C6H12O4S/c1-6(2)10-11(8,9)5-3-4-7/h7H,1,3-5H2,2H3. The first-order chi connectivity index (χ1) is 4.98. The van der Waals surface area contributed by atoms with Gasteiger partial charge in [-0.1, -0.05) is 6.58 Å². The maximum atomic E-state index is 10.8. The third-order valence-electron chi connectivity index (χ3n) is 0.822. The van der Waals surface area contributed by atoms with E-state index in [1.165, 1.54) is 6.92 Å². The van der Waals surface area contributed by atoms with Crippen LogP contribution in [0.1, 0.15) is 13.3 Å². The Balaban J connectivity index is 3.92. The van der Waals surface area contributed by atoms with Gasteiger partial charge >= 0.3 is 10.1 Å². The van der Waals surface area contributed by atoms with Gasteiger partial charge in [0.15, 0.2) is 0 Å². The van der Waals surface area contributed by atoms with Crippen molar-refractivity contribution in [3.63, 3.8) is 0 Å². The van der Waals surface area contributed by atoms with Gasteiger partial charge in [0.2, 0.25) is 0 Å². The molecule has 0 saturated carbocycles. The SMILES string of the molecule is C=C(C)OS(=O)(=O)CCCO. The molecular weight excluding hydrogens is 168 g/mol. The Hall–Kier alpha value is -0.550. The first kappa shape index (κ1) is 10.4. The minimum absolute atomic E-state index is 0.142. The van der Waals surface area contributed by atoms with E-state index in [1.807, 2.05) is 0 Å². The van der Waals surface area contributed by atoms with Crippen molar-refractivity contribution >= 4 is 10.1 Å². The minimum atomic E-state index is -3.50. The fourth-order valence-corrected chi connectivity index (χ4v) is 1.50. The summed E-state index contributed by atoms with van der Waals surface area (Å²) >= 11 is 0. The summed E-state index contributed by atoms with van der Waals surface area (Å²) in [6.45, 7) is 4.59. The first-order valence-corrected chi connectivity index (χ1v) is 4.74. The molecule has 0 aliphatic rings. The van der Waals surface area contributed by atoms with Gasteiger partial charge in [-0.3, -0.25) is 0 Å². The van der Waals surface area contributed by atoms with E-state index in [9.17, 15) is 8.42 Å². The number of aliphatic hydroxyl groups is 1. The summed E-state index contributed by atoms with van der Waals surface area (Å²) < 4.78 is 26.0. The molecule has 11 heavy (non-hydrogen) atoms. The Morgan fingerprint density at radius 1 is 1.64 bits per heavy atom. The third-order valence-corrected chi connectivity index (χ3v) is 2.15. The van der Waals surface area contributed by atoms with Crippen LogP contribution in [0.25, 0.3) is 0 Å². The maximum Gasteiger partial charge on any atom is 0.308 e. The van der Waals surface area contributed by atoms with Crippen LogP contribution >= 0.6 is 0 Å². The molecule has 0 aromatic heterocycles. The molecule has 4 nitrogen and oxygen atoms in total. The molecule has 0 aliphatic carbocycles. The predicted octanol–water partition coefficient (Wildman–Crippen LogP) is 0.249. The molecule has 0 amide bonds. The van der Waals surface area contributed by atoms with Gasteiger partial charge in [0.1, 0.15) is 5.76 Å². The highest BCUT2D eigenvalue weighted by atomic mass is 32.2. The number of aliphatic hydroxyl groups excluding tert-OH is 1. The van der Waals surface area contributed by atoms with Crippen molar-refractivity contribution < 1.29 is 17.7 Å². The first-order valence-electron chi connectivity index (χ1n) is 3.16. The number of hydrogen-bond donors (Lipinski definition) is 1. The van der Waals surface area contributed by atoms with Crippen LogP contribution in [0.3, 0.4) is 0 Å². The molecule has 5 heteroatoms. The number of rotatable bonds is 5. The summed E-state index contributed by atoms with van der Waals surface area (Å²) in [5.74, 6) is -0.0287. The number of hydrogen-bond acceptors (Lipinski definition) is 4. The Kier molecular flexibility index (Phi) is 4.14. The van der Waals surface area contributed by atoms with Gasteiger partial charge in [-0.2, -0.15) is 8.42 Å². The quantitative estimate of drug-likeness (QED) is 0.486. The molecule has 1 N–H and O–H groups in total. The fourth-order valence-electron chi connectivity index (χ4n) is 0.500. The lowest BCUT2D eigenvalue weighted by Crippen LogP contribution is -2.10. The van der Waals surface area contributed by atoms with Crippen LogP contribution in [0.4, 0.5) is 0 Å². The molecule has 0 heterocycles. The molecule has 0 rings (SSSR count). The van der Waals surface area contributed by atoms with Crippen molar-refractivity contribution in [1.82, 2.24) is 0 Å². The van der Waals surface area contributed by atoms with Crippen molar-refractivity contribution in [1.29, 1.82) is 0 Å². The van der Waals surface area contributed by atoms with Crippen LogP contribution in [0, 0.1) is 0 Å². The second-order valence-corrected chi connectivity index (χ2v) is 3.81. The summed E-state index contributed by atoms with van der Waals surface area (Å²) in [6.07, 6.45) is 0.190. The Morgan fingerprint density at radius 2 is 2.18 bits per heavy atom. The maximum absolute atomic E-state index is 10.8. The molecular formula is C6H12O4S. The Labute approximate surface area is 66.6 Å². The van der Waals surface area contributed by atoms with E-state index in [0.29, 0.717) is 0 Å². The normalized spacial score (nSPS) is 11.1. The van der Waals surface area contributed by atoms with Gasteiger partial charge < -0.3 is 9.29 Å². The van der Waals surface area contributed by atoms with Gasteiger partial charge in [0.25, 0.3) is 0 Å². The average molecular weight is 180 g/mol. The van der Waals surface area contributed by atoms with Gasteiger partial charge in [-0.15, -0.1) is 0 Å². The molecule has 0 fully saturated rings. The molecule has 0 spiro atoms. The fraction of sp³-hybridized carbons (Fsp3) is 0.667. The van der Waals surface area contributed by atoms with Crippen LogP contribution in [-0.2, 0) is 14.3 Å². The average Bonchev–Trinajstić information content (AvgIpc) is 1.81. The van der Waals surface area contributed by atoms with Crippen LogP contribution < -0.4 is 0 Å². The van der Waals surface area contributed by atoms with E-state index >= 15 is 0 Å². The van der Waals surface area contributed by atoms with Crippen molar-refractivity contribution in [2.75, 3.05) is 12.4 Å². The lowest BCUT2D eigenvalue weighted by Gasteiger charge is -2.03. The second-order valence-electron chi connectivity index (χ2n) is 2.12. The van der Waals surface area contributed by atoms with E-state index in [-0.39, 0.29) is 24.5 Å². The molecule has 0 aliphatic heterocycles. The zero-order valence-corrected chi connectivity index (χ0v) is 7.23. The summed E-state index contributed by atoms with van der Waals surface area (Å²) in [7, 11) is -3.50. The summed E-state index contributed by atoms with van der Waals surface area (Å²) in [5, 5.41) is 8.32. The third kappa shape index (κ3) is 5.87. The molecule has 0 aromatic rings. The van der Waals surface area contributed by atoms with E-state index in [2.05, 4.69) is 10.8 Å². The molecule has 66 valence electrons. The van der Waals surface area contributed by atoms with Gasteiger partial charge in [-0.25, -0.2) is 0 Å². The lowest BCUT2D eigenvalue weighted by molar-refractivity contribution is 0.293. The summed E-state index contributed by atoms with van der Waals surface area (Å²) in [6, 6.07) is 0.